The quantitative estimate of drug-likeness (QED) is 0.611. The van der Waals surface area contributed by atoms with E-state index in [4.69, 9.17) is 16.7 Å². The second-order valence-electron chi connectivity index (χ2n) is 5.79. The highest BCUT2D eigenvalue weighted by molar-refractivity contribution is 7.99. The highest BCUT2D eigenvalue weighted by Crippen LogP contribution is 2.37. The molecule has 2 N–H and O–H groups in total. The molecule has 0 unspecified atom stereocenters. The first kappa shape index (κ1) is 20.4. The predicted octanol–water partition coefficient (Wildman–Crippen LogP) is 4.09. The monoisotopic (exact) mass is 431 g/mol. The number of aromatic nitrogens is 3. The third-order valence-electron chi connectivity index (χ3n) is 3.85. The molecule has 0 spiro atoms. The number of aliphatic carboxylic acids is 1. The van der Waals surface area contributed by atoms with E-state index in [0.29, 0.717) is 22.4 Å². The fraction of sp³-hybridized carbons (Fsp3) is 0.235. The highest BCUT2D eigenvalue weighted by Gasteiger charge is 2.31. The molecule has 0 aliphatic rings. The van der Waals surface area contributed by atoms with Crippen LogP contribution in [-0.4, -0.2) is 36.8 Å². The molecule has 0 saturated heterocycles. The van der Waals surface area contributed by atoms with E-state index in [-0.39, 0.29) is 23.0 Å². The molecule has 0 amide bonds. The zero-order chi connectivity index (χ0) is 20.5. The maximum atomic E-state index is 12.8. The van der Waals surface area contributed by atoms with Gasteiger partial charge in [-0.05, 0) is 30.0 Å². The van der Waals surface area contributed by atoms with E-state index in [1.165, 1.54) is 0 Å². The van der Waals surface area contributed by atoms with Crippen LogP contribution in [-0.2, 0) is 17.5 Å². The van der Waals surface area contributed by atoms with Crippen LogP contribution >= 0.6 is 23.4 Å². The van der Waals surface area contributed by atoms with Gasteiger partial charge < -0.3 is 14.8 Å². The number of pyridine rings is 1. The van der Waals surface area contributed by atoms with Crippen molar-refractivity contribution in [1.29, 1.82) is 0 Å². The summed E-state index contributed by atoms with van der Waals surface area (Å²) in [7, 11) is 0. The first-order valence-corrected chi connectivity index (χ1v) is 9.13. The number of benzene rings is 1. The van der Waals surface area contributed by atoms with Gasteiger partial charge in [-0.2, -0.15) is 13.2 Å². The normalized spacial score (nSPS) is 13.0. The molecule has 3 aromatic rings. The van der Waals surface area contributed by atoms with Crippen LogP contribution < -0.4 is 0 Å². The topological polar surface area (TPSA) is 88.2 Å². The third kappa shape index (κ3) is 4.40. The fourth-order valence-corrected chi connectivity index (χ4v) is 3.62. The number of hydrogen-bond donors (Lipinski definition) is 2. The van der Waals surface area contributed by atoms with E-state index in [1.807, 2.05) is 0 Å². The molecule has 0 bridgehead atoms. The number of aliphatic hydroxyl groups excluding tert-OH is 1. The Morgan fingerprint density at radius 3 is 2.68 bits per heavy atom. The molecule has 148 valence electrons. The number of hydrogen-bond acceptors (Lipinski definition) is 5. The maximum absolute atomic E-state index is 12.8. The average Bonchev–Trinajstić information content (AvgIpc) is 2.97. The molecule has 0 aliphatic heterocycles. The first-order valence-electron chi connectivity index (χ1n) is 7.93. The Balaban J connectivity index is 1.94. The van der Waals surface area contributed by atoms with Crippen LogP contribution in [0.2, 0.25) is 5.02 Å². The lowest BCUT2D eigenvalue weighted by atomic mass is 10.2. The molecule has 28 heavy (non-hydrogen) atoms. The van der Waals surface area contributed by atoms with Gasteiger partial charge in [0, 0.05) is 19.2 Å². The van der Waals surface area contributed by atoms with Gasteiger partial charge in [0.05, 0.1) is 21.6 Å². The van der Waals surface area contributed by atoms with Gasteiger partial charge in [0.25, 0.3) is 0 Å². The van der Waals surface area contributed by atoms with Crippen molar-refractivity contribution >= 4 is 40.4 Å². The van der Waals surface area contributed by atoms with E-state index < -0.39 is 23.8 Å². The summed E-state index contributed by atoms with van der Waals surface area (Å²) in [6, 6.07) is 7.83. The molecule has 1 aromatic carbocycles. The van der Waals surface area contributed by atoms with Crippen LogP contribution in [0.1, 0.15) is 12.0 Å². The number of carbonyl (C=O) groups is 1. The van der Waals surface area contributed by atoms with E-state index in [2.05, 4.69) is 9.97 Å². The number of rotatable bonds is 6. The molecular weight excluding hydrogens is 419 g/mol. The predicted molar refractivity (Wildman–Crippen MR) is 96.4 cm³/mol. The minimum atomic E-state index is -4.56. The summed E-state index contributed by atoms with van der Waals surface area (Å²) < 4.78 is 40.0. The smallest absolute Gasteiger partial charge is 0.417 e. The van der Waals surface area contributed by atoms with E-state index in [0.717, 1.165) is 17.8 Å². The molecular formula is C17H13ClF3N3O3S. The average molecular weight is 432 g/mol. The first-order chi connectivity index (χ1) is 13.2. The van der Waals surface area contributed by atoms with Crippen molar-refractivity contribution < 1.29 is 28.2 Å². The number of imidazole rings is 1. The van der Waals surface area contributed by atoms with Crippen molar-refractivity contribution in [3.63, 3.8) is 0 Å². The van der Waals surface area contributed by atoms with Gasteiger partial charge in [0.15, 0.2) is 11.3 Å². The van der Waals surface area contributed by atoms with Crippen LogP contribution in [0.5, 0.6) is 0 Å². The van der Waals surface area contributed by atoms with E-state index in [9.17, 15) is 23.1 Å². The summed E-state index contributed by atoms with van der Waals surface area (Å²) in [6.45, 7) is 0.133. The molecule has 0 fully saturated rings. The minimum Gasteiger partial charge on any atom is -0.479 e. The fourth-order valence-electron chi connectivity index (χ4n) is 2.46. The highest BCUT2D eigenvalue weighted by atomic mass is 35.5. The lowest BCUT2D eigenvalue weighted by molar-refractivity contribution is -0.147. The summed E-state index contributed by atoms with van der Waals surface area (Å²) in [4.78, 5) is 19.1. The standard InChI is InChI=1S/C17H13ClF3N3O3S/c18-10-7-9(17(19,20)21)8-22-14(10)28-16-23-11-3-1-2-4-12(11)24(16)6-5-13(25)15(26)27/h1-4,7-8,13,25H,5-6H2,(H,26,27)/t13-/m0/s1. The Morgan fingerprint density at radius 1 is 1.32 bits per heavy atom. The van der Waals surface area contributed by atoms with Gasteiger partial charge in [-0.25, -0.2) is 14.8 Å². The van der Waals surface area contributed by atoms with Gasteiger partial charge in [0.2, 0.25) is 0 Å². The van der Waals surface area contributed by atoms with Gasteiger partial charge in [-0.15, -0.1) is 0 Å². The number of fused-ring (bicyclic) bond motifs is 1. The SMILES string of the molecule is O=C(O)[C@@H](O)CCn1c(Sc2ncc(C(F)(F)F)cc2Cl)nc2ccccc21. The molecule has 0 radical (unpaired) electrons. The zero-order valence-electron chi connectivity index (χ0n) is 14.0. The van der Waals surface area contributed by atoms with Crippen molar-refractivity contribution in [2.75, 3.05) is 0 Å². The van der Waals surface area contributed by atoms with Gasteiger partial charge in [-0.3, -0.25) is 0 Å². The minimum absolute atomic E-state index is 0.0720. The van der Waals surface area contributed by atoms with Crippen LogP contribution in [0.3, 0.4) is 0 Å². The van der Waals surface area contributed by atoms with Crippen molar-refractivity contribution in [1.82, 2.24) is 14.5 Å². The molecule has 2 heterocycles. The third-order valence-corrected chi connectivity index (χ3v) is 5.27. The lowest BCUT2D eigenvalue weighted by Crippen LogP contribution is -2.21. The van der Waals surface area contributed by atoms with Crippen LogP contribution in [0.25, 0.3) is 11.0 Å². The van der Waals surface area contributed by atoms with Crippen LogP contribution in [0.4, 0.5) is 13.2 Å². The number of para-hydroxylation sites is 2. The van der Waals surface area contributed by atoms with Gasteiger partial charge in [-0.1, -0.05) is 23.7 Å². The van der Waals surface area contributed by atoms with E-state index in [1.54, 1.807) is 28.8 Å². The molecule has 0 saturated carbocycles. The largest absolute Gasteiger partial charge is 0.479 e. The second kappa shape index (κ2) is 7.98. The maximum Gasteiger partial charge on any atom is 0.417 e. The Kier molecular flexibility index (Phi) is 5.82. The van der Waals surface area contributed by atoms with Crippen LogP contribution in [0.15, 0.2) is 46.7 Å². The summed E-state index contributed by atoms with van der Waals surface area (Å²) in [6.07, 6.45) is -5.49. The second-order valence-corrected chi connectivity index (χ2v) is 7.15. The van der Waals surface area contributed by atoms with Crippen molar-refractivity contribution in [2.45, 2.75) is 35.4 Å². The molecule has 6 nitrogen and oxygen atoms in total. The Hall–Kier alpha value is -2.30. The lowest BCUT2D eigenvalue weighted by Gasteiger charge is -2.11. The van der Waals surface area contributed by atoms with Crippen LogP contribution in [0, 0.1) is 0 Å². The summed E-state index contributed by atoms with van der Waals surface area (Å²) >= 11 is 6.93. The van der Waals surface area contributed by atoms with Gasteiger partial charge in [0.1, 0.15) is 5.03 Å². The number of alkyl halides is 3. The zero-order valence-corrected chi connectivity index (χ0v) is 15.6. The number of carboxylic acids is 1. The van der Waals surface area contributed by atoms with E-state index >= 15 is 0 Å². The molecule has 2 aromatic heterocycles. The number of halogens is 4. The van der Waals surface area contributed by atoms with Crippen molar-refractivity contribution in [2.24, 2.45) is 0 Å². The number of aryl methyl sites for hydroxylation is 1. The summed E-state index contributed by atoms with van der Waals surface area (Å²) in [5.41, 5.74) is 0.336. The number of carboxylic acid groups (broad SMARTS) is 1. The van der Waals surface area contributed by atoms with Crippen molar-refractivity contribution in [3.05, 3.63) is 47.1 Å². The molecule has 11 heteroatoms. The Bertz CT molecular complexity index is 1030. The molecule has 1 atom stereocenters. The molecule has 0 aliphatic carbocycles. The summed E-state index contributed by atoms with van der Waals surface area (Å²) in [5.74, 6) is -1.34. The summed E-state index contributed by atoms with van der Waals surface area (Å²) in [5, 5.41) is 18.7. The van der Waals surface area contributed by atoms with Gasteiger partial charge >= 0.3 is 12.1 Å². The van der Waals surface area contributed by atoms with Crippen molar-refractivity contribution in [3.8, 4) is 0 Å². The number of aliphatic hydroxyl groups is 1. The molecule has 3 rings (SSSR count). The Labute approximate surface area is 166 Å². The Morgan fingerprint density at radius 2 is 2.04 bits per heavy atom. The number of nitrogens with zero attached hydrogens (tertiary/aromatic N) is 3.